The average molecular weight is 198 g/mol. The van der Waals surface area contributed by atoms with Crippen molar-refractivity contribution in [2.75, 3.05) is 12.3 Å². The number of hydrogen-bond donors (Lipinski definition) is 2. The Balaban J connectivity index is 2.49. The van der Waals surface area contributed by atoms with Gasteiger partial charge in [-0.2, -0.15) is 0 Å². The van der Waals surface area contributed by atoms with Crippen LogP contribution in [0.2, 0.25) is 0 Å². The number of thiophene rings is 1. The standard InChI is InChI=1S/C9H14N2OS/c1-6(2)4-11-9(12)8-3-7(10)5-13-8/h3,5-6H,4,10H2,1-2H3,(H,11,12). The maximum absolute atomic E-state index is 11.4. The molecule has 0 bridgehead atoms. The Kier molecular flexibility index (Phi) is 3.31. The highest BCUT2D eigenvalue weighted by atomic mass is 32.1. The molecule has 1 aromatic rings. The molecule has 1 heterocycles. The predicted molar refractivity (Wildman–Crippen MR) is 55.9 cm³/mol. The first-order valence-corrected chi connectivity index (χ1v) is 5.09. The van der Waals surface area contributed by atoms with Gasteiger partial charge in [0.25, 0.3) is 5.91 Å². The zero-order valence-corrected chi connectivity index (χ0v) is 8.65. The fourth-order valence-electron chi connectivity index (χ4n) is 0.854. The van der Waals surface area contributed by atoms with Crippen LogP contribution in [0.1, 0.15) is 23.5 Å². The van der Waals surface area contributed by atoms with Gasteiger partial charge in [0.15, 0.2) is 0 Å². The van der Waals surface area contributed by atoms with Gasteiger partial charge in [-0.25, -0.2) is 0 Å². The van der Waals surface area contributed by atoms with Crippen molar-refractivity contribution in [3.8, 4) is 0 Å². The molecule has 0 atom stereocenters. The maximum atomic E-state index is 11.4. The van der Waals surface area contributed by atoms with Gasteiger partial charge in [-0.15, -0.1) is 11.3 Å². The third-order valence-corrected chi connectivity index (χ3v) is 2.46. The van der Waals surface area contributed by atoms with Gasteiger partial charge in [-0.1, -0.05) is 13.8 Å². The van der Waals surface area contributed by atoms with E-state index in [4.69, 9.17) is 5.73 Å². The third-order valence-electron chi connectivity index (χ3n) is 1.51. The first-order valence-electron chi connectivity index (χ1n) is 4.22. The number of carbonyl (C=O) groups excluding carboxylic acids is 1. The van der Waals surface area contributed by atoms with Gasteiger partial charge in [-0.3, -0.25) is 4.79 Å². The lowest BCUT2D eigenvalue weighted by Crippen LogP contribution is -2.26. The number of carbonyl (C=O) groups is 1. The van der Waals surface area contributed by atoms with Gasteiger partial charge in [0.1, 0.15) is 0 Å². The van der Waals surface area contributed by atoms with Crippen LogP contribution < -0.4 is 11.1 Å². The van der Waals surface area contributed by atoms with Crippen LogP contribution in [-0.2, 0) is 0 Å². The minimum Gasteiger partial charge on any atom is -0.398 e. The summed E-state index contributed by atoms with van der Waals surface area (Å²) in [5.41, 5.74) is 6.16. The highest BCUT2D eigenvalue weighted by Gasteiger charge is 2.07. The molecule has 0 saturated carbocycles. The Bertz CT molecular complexity index is 294. The van der Waals surface area contributed by atoms with Crippen LogP contribution in [0.4, 0.5) is 5.69 Å². The quantitative estimate of drug-likeness (QED) is 0.777. The molecule has 0 aliphatic rings. The molecule has 3 N–H and O–H groups in total. The highest BCUT2D eigenvalue weighted by molar-refractivity contribution is 7.12. The molecular formula is C9H14N2OS. The Morgan fingerprint density at radius 1 is 1.69 bits per heavy atom. The SMILES string of the molecule is CC(C)CNC(=O)c1cc(N)cs1. The number of rotatable bonds is 3. The predicted octanol–water partition coefficient (Wildman–Crippen LogP) is 1.72. The molecule has 72 valence electrons. The van der Waals surface area contributed by atoms with Crippen LogP contribution in [0.3, 0.4) is 0 Å². The second-order valence-electron chi connectivity index (χ2n) is 3.35. The smallest absolute Gasteiger partial charge is 0.261 e. The van der Waals surface area contributed by atoms with Gasteiger partial charge in [-0.05, 0) is 12.0 Å². The average Bonchev–Trinajstić information content (AvgIpc) is 2.47. The van der Waals surface area contributed by atoms with Crippen molar-refractivity contribution in [3.05, 3.63) is 16.3 Å². The van der Waals surface area contributed by atoms with E-state index < -0.39 is 0 Å². The molecular weight excluding hydrogens is 184 g/mol. The van der Waals surface area contributed by atoms with Crippen molar-refractivity contribution in [2.45, 2.75) is 13.8 Å². The molecule has 4 heteroatoms. The first-order chi connectivity index (χ1) is 6.09. The van der Waals surface area contributed by atoms with Gasteiger partial charge in [0.2, 0.25) is 0 Å². The van der Waals surface area contributed by atoms with Crippen LogP contribution in [0.5, 0.6) is 0 Å². The molecule has 1 rings (SSSR count). The molecule has 0 unspecified atom stereocenters. The molecule has 0 fully saturated rings. The van der Waals surface area contributed by atoms with Crippen molar-refractivity contribution < 1.29 is 4.79 Å². The number of anilines is 1. The molecule has 1 aromatic heterocycles. The van der Waals surface area contributed by atoms with Crippen LogP contribution in [0, 0.1) is 5.92 Å². The van der Waals surface area contributed by atoms with Gasteiger partial charge in [0, 0.05) is 17.6 Å². The zero-order valence-electron chi connectivity index (χ0n) is 7.83. The Morgan fingerprint density at radius 2 is 2.38 bits per heavy atom. The number of nitrogens with one attached hydrogen (secondary N) is 1. The van der Waals surface area contributed by atoms with Gasteiger partial charge in [0.05, 0.1) is 4.88 Å². The summed E-state index contributed by atoms with van der Waals surface area (Å²) >= 11 is 1.37. The molecule has 0 aliphatic heterocycles. The monoisotopic (exact) mass is 198 g/mol. The molecule has 13 heavy (non-hydrogen) atoms. The molecule has 0 aromatic carbocycles. The maximum Gasteiger partial charge on any atom is 0.261 e. The topological polar surface area (TPSA) is 55.1 Å². The molecule has 1 amide bonds. The largest absolute Gasteiger partial charge is 0.398 e. The summed E-state index contributed by atoms with van der Waals surface area (Å²) in [5, 5.41) is 4.60. The normalized spacial score (nSPS) is 10.4. The van der Waals surface area contributed by atoms with Crippen molar-refractivity contribution in [1.82, 2.24) is 5.32 Å². The fourth-order valence-corrected chi connectivity index (χ4v) is 1.57. The Labute approximate surface area is 81.9 Å². The lowest BCUT2D eigenvalue weighted by Gasteiger charge is -2.05. The van der Waals surface area contributed by atoms with Gasteiger partial charge < -0.3 is 11.1 Å². The molecule has 0 aliphatic carbocycles. The second-order valence-corrected chi connectivity index (χ2v) is 4.26. The van der Waals surface area contributed by atoms with Crippen molar-refractivity contribution in [2.24, 2.45) is 5.92 Å². The summed E-state index contributed by atoms with van der Waals surface area (Å²) in [6.07, 6.45) is 0. The second kappa shape index (κ2) is 4.28. The van der Waals surface area contributed by atoms with E-state index in [0.717, 1.165) is 0 Å². The highest BCUT2D eigenvalue weighted by Crippen LogP contribution is 2.15. The lowest BCUT2D eigenvalue weighted by molar-refractivity contribution is 0.0953. The number of nitrogens with two attached hydrogens (primary N) is 1. The molecule has 0 spiro atoms. The summed E-state index contributed by atoms with van der Waals surface area (Å²) in [6, 6.07) is 1.69. The van der Waals surface area contributed by atoms with Crippen LogP contribution in [-0.4, -0.2) is 12.5 Å². The van der Waals surface area contributed by atoms with E-state index in [2.05, 4.69) is 19.2 Å². The Hall–Kier alpha value is -1.03. The molecule has 3 nitrogen and oxygen atoms in total. The lowest BCUT2D eigenvalue weighted by atomic mass is 10.2. The van der Waals surface area contributed by atoms with Crippen molar-refractivity contribution in [1.29, 1.82) is 0 Å². The summed E-state index contributed by atoms with van der Waals surface area (Å²) in [5.74, 6) is 0.441. The third kappa shape index (κ3) is 3.06. The van der Waals surface area contributed by atoms with E-state index in [9.17, 15) is 4.79 Å². The number of nitrogen functional groups attached to an aromatic ring is 1. The minimum atomic E-state index is -0.0320. The van der Waals surface area contributed by atoms with E-state index in [0.29, 0.717) is 23.0 Å². The molecule has 0 radical (unpaired) electrons. The van der Waals surface area contributed by atoms with E-state index in [-0.39, 0.29) is 5.91 Å². The number of hydrogen-bond acceptors (Lipinski definition) is 3. The number of amides is 1. The van der Waals surface area contributed by atoms with Crippen LogP contribution >= 0.6 is 11.3 Å². The van der Waals surface area contributed by atoms with E-state index >= 15 is 0 Å². The summed E-state index contributed by atoms with van der Waals surface area (Å²) < 4.78 is 0. The Morgan fingerprint density at radius 3 is 2.85 bits per heavy atom. The van der Waals surface area contributed by atoms with Crippen LogP contribution in [0.15, 0.2) is 11.4 Å². The van der Waals surface area contributed by atoms with E-state index in [1.54, 1.807) is 11.4 Å². The van der Waals surface area contributed by atoms with Gasteiger partial charge >= 0.3 is 0 Å². The van der Waals surface area contributed by atoms with Crippen molar-refractivity contribution in [3.63, 3.8) is 0 Å². The minimum absolute atomic E-state index is 0.0320. The van der Waals surface area contributed by atoms with E-state index in [1.807, 2.05) is 0 Å². The van der Waals surface area contributed by atoms with Crippen LogP contribution in [0.25, 0.3) is 0 Å². The zero-order chi connectivity index (χ0) is 9.84. The summed E-state index contributed by atoms with van der Waals surface area (Å²) in [6.45, 7) is 4.82. The first kappa shape index (κ1) is 10.1. The van der Waals surface area contributed by atoms with Crippen molar-refractivity contribution >= 4 is 22.9 Å². The fraction of sp³-hybridized carbons (Fsp3) is 0.444. The summed E-state index contributed by atoms with van der Waals surface area (Å²) in [7, 11) is 0. The molecule has 0 saturated heterocycles. The summed E-state index contributed by atoms with van der Waals surface area (Å²) in [4.78, 5) is 12.1. The van der Waals surface area contributed by atoms with E-state index in [1.165, 1.54) is 11.3 Å².